The normalized spacial score (nSPS) is 9.88. The topological polar surface area (TPSA) is 46.5 Å². The molecule has 0 radical (unpaired) electrons. The van der Waals surface area contributed by atoms with Crippen LogP contribution in [-0.4, -0.2) is 17.7 Å². The van der Waals surface area contributed by atoms with Crippen molar-refractivity contribution in [3.8, 4) is 5.75 Å². The third-order valence-electron chi connectivity index (χ3n) is 2.11. The maximum Gasteiger partial charge on any atom is 0.339 e. The molecule has 86 valence electrons. The summed E-state index contributed by atoms with van der Waals surface area (Å²) in [7, 11) is 0. The molecule has 0 aromatic heterocycles. The number of benzene rings is 1. The molecule has 0 aliphatic heterocycles. The number of hydrogen-bond donors (Lipinski definition) is 1. The van der Waals surface area contributed by atoms with E-state index < -0.39 is 11.8 Å². The van der Waals surface area contributed by atoms with Crippen molar-refractivity contribution in [1.29, 1.82) is 0 Å². The van der Waals surface area contributed by atoms with Crippen molar-refractivity contribution in [3.05, 3.63) is 41.7 Å². The molecule has 0 heterocycles. The minimum atomic E-state index is -1.14. The Morgan fingerprint density at radius 3 is 2.81 bits per heavy atom. The molecular weight excluding hydrogens is 211 g/mol. The summed E-state index contributed by atoms with van der Waals surface area (Å²) in [6.07, 6.45) is 0.734. The molecule has 0 saturated carbocycles. The molecule has 0 atom stereocenters. The van der Waals surface area contributed by atoms with Crippen molar-refractivity contribution in [1.82, 2.24) is 0 Å². The van der Waals surface area contributed by atoms with E-state index in [4.69, 9.17) is 9.84 Å². The molecule has 1 aromatic carbocycles. The Morgan fingerprint density at radius 2 is 2.25 bits per heavy atom. The second-order valence-electron chi connectivity index (χ2n) is 3.34. The fourth-order valence-corrected chi connectivity index (χ4v) is 1.07. The standard InChI is InChI=1S/C12H13FO3/c1-3-8(2)7-16-11-6-9(13)4-5-10(11)12(14)15/h4-6H,2-3,7H2,1H3,(H,14,15). The molecule has 0 saturated heterocycles. The van der Waals surface area contributed by atoms with Crippen LogP contribution in [0.15, 0.2) is 30.4 Å². The average molecular weight is 224 g/mol. The number of halogens is 1. The van der Waals surface area contributed by atoms with Crippen molar-refractivity contribution in [2.24, 2.45) is 0 Å². The van der Waals surface area contributed by atoms with E-state index in [1.807, 2.05) is 6.92 Å². The fourth-order valence-electron chi connectivity index (χ4n) is 1.07. The molecule has 1 N–H and O–H groups in total. The van der Waals surface area contributed by atoms with Crippen molar-refractivity contribution in [2.45, 2.75) is 13.3 Å². The lowest BCUT2D eigenvalue weighted by atomic mass is 10.2. The molecule has 0 bridgehead atoms. The molecule has 0 amide bonds. The van der Waals surface area contributed by atoms with Crippen molar-refractivity contribution < 1.29 is 19.0 Å². The third-order valence-corrected chi connectivity index (χ3v) is 2.11. The summed E-state index contributed by atoms with van der Waals surface area (Å²) in [6.45, 7) is 5.83. The predicted octanol–water partition coefficient (Wildman–Crippen LogP) is 2.87. The number of aromatic carboxylic acids is 1. The minimum Gasteiger partial charge on any atom is -0.488 e. The van der Waals surface area contributed by atoms with Gasteiger partial charge in [-0.2, -0.15) is 0 Å². The summed E-state index contributed by atoms with van der Waals surface area (Å²) in [5.41, 5.74) is 0.769. The fraction of sp³-hybridized carbons (Fsp3) is 0.250. The van der Waals surface area contributed by atoms with Gasteiger partial charge in [0, 0.05) is 6.07 Å². The van der Waals surface area contributed by atoms with E-state index in [-0.39, 0.29) is 17.9 Å². The Morgan fingerprint density at radius 1 is 1.56 bits per heavy atom. The molecular formula is C12H13FO3. The monoisotopic (exact) mass is 224 g/mol. The maximum atomic E-state index is 12.9. The summed E-state index contributed by atoms with van der Waals surface area (Å²) in [5.74, 6) is -1.64. The van der Waals surface area contributed by atoms with Crippen LogP contribution in [0.25, 0.3) is 0 Å². The highest BCUT2D eigenvalue weighted by molar-refractivity contribution is 5.90. The van der Waals surface area contributed by atoms with Crippen LogP contribution in [0.4, 0.5) is 4.39 Å². The first-order valence-electron chi connectivity index (χ1n) is 4.87. The van der Waals surface area contributed by atoms with Crippen LogP contribution in [0, 0.1) is 5.82 Å². The molecule has 0 fully saturated rings. The Balaban J connectivity index is 2.88. The van der Waals surface area contributed by atoms with Crippen molar-refractivity contribution in [3.63, 3.8) is 0 Å². The zero-order chi connectivity index (χ0) is 12.1. The molecule has 0 spiro atoms. The van der Waals surface area contributed by atoms with Gasteiger partial charge < -0.3 is 9.84 Å². The van der Waals surface area contributed by atoms with E-state index in [1.165, 1.54) is 6.07 Å². The van der Waals surface area contributed by atoms with Crippen LogP contribution in [0.3, 0.4) is 0 Å². The van der Waals surface area contributed by atoms with Crippen molar-refractivity contribution >= 4 is 5.97 Å². The molecule has 0 aliphatic rings. The molecule has 0 aliphatic carbocycles. The lowest BCUT2D eigenvalue weighted by Gasteiger charge is -2.09. The van der Waals surface area contributed by atoms with Gasteiger partial charge in [0.05, 0.1) is 0 Å². The Bertz CT molecular complexity index is 413. The second kappa shape index (κ2) is 5.30. The summed E-state index contributed by atoms with van der Waals surface area (Å²) in [4.78, 5) is 10.8. The zero-order valence-electron chi connectivity index (χ0n) is 9.00. The summed E-state index contributed by atoms with van der Waals surface area (Å²) in [6, 6.07) is 3.33. The summed E-state index contributed by atoms with van der Waals surface area (Å²) >= 11 is 0. The highest BCUT2D eigenvalue weighted by atomic mass is 19.1. The number of carbonyl (C=O) groups is 1. The molecule has 1 aromatic rings. The van der Waals surface area contributed by atoms with E-state index in [0.29, 0.717) is 0 Å². The molecule has 16 heavy (non-hydrogen) atoms. The minimum absolute atomic E-state index is 0.0297. The molecule has 0 unspecified atom stereocenters. The quantitative estimate of drug-likeness (QED) is 0.782. The van der Waals surface area contributed by atoms with Crippen LogP contribution < -0.4 is 4.74 Å². The van der Waals surface area contributed by atoms with Gasteiger partial charge in [-0.25, -0.2) is 9.18 Å². The zero-order valence-corrected chi connectivity index (χ0v) is 9.00. The Labute approximate surface area is 93.2 Å². The van der Waals surface area contributed by atoms with Gasteiger partial charge >= 0.3 is 5.97 Å². The second-order valence-corrected chi connectivity index (χ2v) is 3.34. The smallest absolute Gasteiger partial charge is 0.339 e. The number of carboxylic acids is 1. The van der Waals surface area contributed by atoms with Gasteiger partial charge in [-0.05, 0) is 24.1 Å². The Kier molecular flexibility index (Phi) is 4.05. The van der Waals surface area contributed by atoms with Gasteiger partial charge in [-0.1, -0.05) is 13.5 Å². The van der Waals surface area contributed by atoms with Gasteiger partial charge in [0.25, 0.3) is 0 Å². The van der Waals surface area contributed by atoms with Crippen molar-refractivity contribution in [2.75, 3.05) is 6.61 Å². The van der Waals surface area contributed by atoms with Crippen LogP contribution in [0.1, 0.15) is 23.7 Å². The summed E-state index contributed by atoms with van der Waals surface area (Å²) < 4.78 is 18.1. The van der Waals surface area contributed by atoms with Crippen LogP contribution in [-0.2, 0) is 0 Å². The molecule has 4 heteroatoms. The number of ether oxygens (including phenoxy) is 1. The first-order valence-corrected chi connectivity index (χ1v) is 4.87. The van der Waals surface area contributed by atoms with Gasteiger partial charge in [-0.3, -0.25) is 0 Å². The third kappa shape index (κ3) is 3.08. The molecule has 3 nitrogen and oxygen atoms in total. The van der Waals surface area contributed by atoms with Crippen LogP contribution in [0.5, 0.6) is 5.75 Å². The predicted molar refractivity (Wildman–Crippen MR) is 58.3 cm³/mol. The average Bonchev–Trinajstić information content (AvgIpc) is 2.25. The van der Waals surface area contributed by atoms with E-state index in [0.717, 1.165) is 24.1 Å². The van der Waals surface area contributed by atoms with Crippen LogP contribution >= 0.6 is 0 Å². The lowest BCUT2D eigenvalue weighted by Crippen LogP contribution is -2.06. The van der Waals surface area contributed by atoms with Crippen LogP contribution in [0.2, 0.25) is 0 Å². The van der Waals surface area contributed by atoms with E-state index in [1.54, 1.807) is 0 Å². The van der Waals surface area contributed by atoms with Gasteiger partial charge in [0.1, 0.15) is 23.7 Å². The molecule has 1 rings (SSSR count). The highest BCUT2D eigenvalue weighted by Gasteiger charge is 2.12. The van der Waals surface area contributed by atoms with Gasteiger partial charge in [0.2, 0.25) is 0 Å². The first-order chi connectivity index (χ1) is 7.54. The van der Waals surface area contributed by atoms with E-state index >= 15 is 0 Å². The Hall–Kier alpha value is -1.84. The lowest BCUT2D eigenvalue weighted by molar-refractivity contribution is 0.0692. The highest BCUT2D eigenvalue weighted by Crippen LogP contribution is 2.20. The van der Waals surface area contributed by atoms with E-state index in [2.05, 4.69) is 6.58 Å². The SMILES string of the molecule is C=C(CC)COc1cc(F)ccc1C(=O)O. The summed E-state index contributed by atoms with van der Waals surface area (Å²) in [5, 5.41) is 8.85. The van der Waals surface area contributed by atoms with Gasteiger partial charge in [-0.15, -0.1) is 0 Å². The number of rotatable bonds is 5. The largest absolute Gasteiger partial charge is 0.488 e. The maximum absolute atomic E-state index is 12.9. The number of hydrogen-bond acceptors (Lipinski definition) is 2. The van der Waals surface area contributed by atoms with E-state index in [9.17, 15) is 9.18 Å². The van der Waals surface area contributed by atoms with Gasteiger partial charge in [0.15, 0.2) is 0 Å². The number of carboxylic acid groups (broad SMARTS) is 1. The first kappa shape index (κ1) is 12.2.